The number of halogens is 1. The molecule has 2 aromatic heterocycles. The number of hydrogen-bond acceptors (Lipinski definition) is 4. The molecule has 0 aliphatic rings. The Bertz CT molecular complexity index is 774. The summed E-state index contributed by atoms with van der Waals surface area (Å²) < 4.78 is 1.18. The van der Waals surface area contributed by atoms with Gasteiger partial charge in [0.1, 0.15) is 0 Å². The van der Waals surface area contributed by atoms with Gasteiger partial charge in [-0.25, -0.2) is 0 Å². The van der Waals surface area contributed by atoms with Crippen molar-refractivity contribution in [2.45, 2.75) is 19.1 Å². The number of aromatic nitrogens is 1. The molecule has 22 heavy (non-hydrogen) atoms. The standard InChI is InChI=1S/C17H17ClN2OS/c1-11(12-8-17-15(20-9-12)6-7-22-17)19-10-16(21)13-4-2-3-5-14(13)18/h2-9,11,16,19,21H,10H2,1H3. The second-order valence-corrected chi connectivity index (χ2v) is 6.59. The minimum atomic E-state index is -0.630. The maximum atomic E-state index is 10.3. The molecule has 0 aliphatic carbocycles. The van der Waals surface area contributed by atoms with Crippen molar-refractivity contribution >= 4 is 33.2 Å². The number of aliphatic hydroxyl groups is 1. The van der Waals surface area contributed by atoms with E-state index in [0.717, 1.165) is 16.6 Å². The van der Waals surface area contributed by atoms with Gasteiger partial charge in [-0.3, -0.25) is 4.98 Å². The quantitative estimate of drug-likeness (QED) is 0.730. The van der Waals surface area contributed by atoms with Gasteiger partial charge >= 0.3 is 0 Å². The van der Waals surface area contributed by atoms with Gasteiger partial charge in [0.05, 0.1) is 16.3 Å². The first-order valence-electron chi connectivity index (χ1n) is 7.14. The Morgan fingerprint density at radius 2 is 2.14 bits per heavy atom. The Balaban J connectivity index is 1.66. The number of fused-ring (bicyclic) bond motifs is 1. The molecule has 2 unspecified atom stereocenters. The van der Waals surface area contributed by atoms with Crippen LogP contribution in [0, 0.1) is 0 Å². The lowest BCUT2D eigenvalue weighted by Gasteiger charge is -2.18. The molecule has 2 atom stereocenters. The third-order valence-electron chi connectivity index (χ3n) is 3.71. The van der Waals surface area contributed by atoms with Crippen LogP contribution in [0.5, 0.6) is 0 Å². The van der Waals surface area contributed by atoms with Crippen molar-refractivity contribution < 1.29 is 5.11 Å². The maximum Gasteiger partial charge on any atom is 0.0928 e. The zero-order chi connectivity index (χ0) is 15.5. The molecular weight excluding hydrogens is 316 g/mol. The summed E-state index contributed by atoms with van der Waals surface area (Å²) in [6.07, 6.45) is 1.25. The van der Waals surface area contributed by atoms with Crippen LogP contribution in [0.15, 0.2) is 48.0 Å². The van der Waals surface area contributed by atoms with Crippen molar-refractivity contribution in [2.75, 3.05) is 6.54 Å². The summed E-state index contributed by atoms with van der Waals surface area (Å²) in [5.41, 5.74) is 2.88. The van der Waals surface area contributed by atoms with E-state index in [4.69, 9.17) is 11.6 Å². The highest BCUT2D eigenvalue weighted by Gasteiger charge is 2.13. The molecule has 5 heteroatoms. The lowest BCUT2D eigenvalue weighted by molar-refractivity contribution is 0.171. The first kappa shape index (κ1) is 15.4. The SMILES string of the molecule is CC(NCC(O)c1ccccc1Cl)c1cnc2ccsc2c1. The van der Waals surface area contributed by atoms with Crippen LogP contribution in [0.1, 0.15) is 30.2 Å². The van der Waals surface area contributed by atoms with E-state index in [-0.39, 0.29) is 6.04 Å². The van der Waals surface area contributed by atoms with Crippen molar-refractivity contribution in [1.82, 2.24) is 10.3 Å². The average Bonchev–Trinajstić information content (AvgIpc) is 3.00. The molecule has 0 spiro atoms. The Morgan fingerprint density at radius 3 is 2.95 bits per heavy atom. The first-order valence-corrected chi connectivity index (χ1v) is 8.40. The molecule has 3 rings (SSSR count). The fraction of sp³-hybridized carbons (Fsp3) is 0.235. The minimum absolute atomic E-state index is 0.108. The normalized spacial score (nSPS) is 14.1. The monoisotopic (exact) mass is 332 g/mol. The van der Waals surface area contributed by atoms with Gasteiger partial charge in [-0.05, 0) is 36.1 Å². The summed E-state index contributed by atoms with van der Waals surface area (Å²) in [6, 6.07) is 11.6. The van der Waals surface area contributed by atoms with Crippen LogP contribution < -0.4 is 5.32 Å². The van der Waals surface area contributed by atoms with Crippen molar-refractivity contribution in [3.8, 4) is 0 Å². The first-order chi connectivity index (χ1) is 10.6. The molecule has 3 aromatic rings. The number of rotatable bonds is 5. The summed E-state index contributed by atoms with van der Waals surface area (Å²) in [4.78, 5) is 4.45. The van der Waals surface area contributed by atoms with Crippen LogP contribution in [0.2, 0.25) is 5.02 Å². The van der Waals surface area contributed by atoms with E-state index < -0.39 is 6.10 Å². The predicted octanol–water partition coefficient (Wildman–Crippen LogP) is 4.33. The van der Waals surface area contributed by atoms with Crippen LogP contribution in [-0.2, 0) is 0 Å². The van der Waals surface area contributed by atoms with E-state index >= 15 is 0 Å². The van der Waals surface area contributed by atoms with Gasteiger partial charge in [0.15, 0.2) is 0 Å². The number of benzene rings is 1. The number of nitrogens with zero attached hydrogens (tertiary/aromatic N) is 1. The van der Waals surface area contributed by atoms with Crippen LogP contribution in [0.25, 0.3) is 10.2 Å². The number of thiophene rings is 1. The Hall–Kier alpha value is -1.46. The minimum Gasteiger partial charge on any atom is -0.387 e. The van der Waals surface area contributed by atoms with Crippen molar-refractivity contribution in [3.63, 3.8) is 0 Å². The molecular formula is C17H17ClN2OS. The molecule has 2 heterocycles. The van der Waals surface area contributed by atoms with Crippen LogP contribution in [-0.4, -0.2) is 16.6 Å². The molecule has 0 radical (unpaired) electrons. The highest BCUT2D eigenvalue weighted by molar-refractivity contribution is 7.17. The molecule has 0 bridgehead atoms. The highest BCUT2D eigenvalue weighted by Crippen LogP contribution is 2.24. The third-order valence-corrected chi connectivity index (χ3v) is 4.90. The molecule has 114 valence electrons. The highest BCUT2D eigenvalue weighted by atomic mass is 35.5. The molecule has 3 nitrogen and oxygen atoms in total. The molecule has 0 saturated carbocycles. The second-order valence-electron chi connectivity index (χ2n) is 5.24. The molecule has 2 N–H and O–H groups in total. The predicted molar refractivity (Wildman–Crippen MR) is 92.4 cm³/mol. The Morgan fingerprint density at radius 1 is 1.32 bits per heavy atom. The molecule has 1 aromatic carbocycles. The fourth-order valence-corrected chi connectivity index (χ4v) is 3.41. The van der Waals surface area contributed by atoms with Crippen LogP contribution in [0.3, 0.4) is 0 Å². The number of pyridine rings is 1. The number of aliphatic hydroxyl groups excluding tert-OH is 1. The van der Waals surface area contributed by atoms with Crippen molar-refractivity contribution in [3.05, 3.63) is 64.1 Å². The van der Waals surface area contributed by atoms with Gasteiger partial charge in [0.25, 0.3) is 0 Å². The summed E-state index contributed by atoms with van der Waals surface area (Å²) in [5.74, 6) is 0. The average molecular weight is 333 g/mol. The second kappa shape index (κ2) is 6.75. The molecule has 0 fully saturated rings. The lowest BCUT2D eigenvalue weighted by Crippen LogP contribution is -2.24. The zero-order valence-electron chi connectivity index (χ0n) is 12.2. The summed E-state index contributed by atoms with van der Waals surface area (Å²) in [6.45, 7) is 2.50. The largest absolute Gasteiger partial charge is 0.387 e. The van der Waals surface area contributed by atoms with E-state index in [1.54, 1.807) is 17.4 Å². The summed E-state index contributed by atoms with van der Waals surface area (Å²) >= 11 is 7.79. The van der Waals surface area contributed by atoms with E-state index in [1.807, 2.05) is 35.8 Å². The fourth-order valence-electron chi connectivity index (χ4n) is 2.36. The number of nitrogens with one attached hydrogen (secondary N) is 1. The van der Waals surface area contributed by atoms with E-state index in [0.29, 0.717) is 11.6 Å². The van der Waals surface area contributed by atoms with Gasteiger partial charge in [-0.15, -0.1) is 11.3 Å². The van der Waals surface area contributed by atoms with Crippen LogP contribution in [0.4, 0.5) is 0 Å². The lowest BCUT2D eigenvalue weighted by atomic mass is 10.1. The van der Waals surface area contributed by atoms with Gasteiger partial charge in [-0.1, -0.05) is 29.8 Å². The van der Waals surface area contributed by atoms with Gasteiger partial charge < -0.3 is 10.4 Å². The van der Waals surface area contributed by atoms with Gasteiger partial charge in [0.2, 0.25) is 0 Å². The number of hydrogen-bond donors (Lipinski definition) is 2. The zero-order valence-corrected chi connectivity index (χ0v) is 13.7. The van der Waals surface area contributed by atoms with Gasteiger partial charge in [-0.2, -0.15) is 0 Å². The Kier molecular flexibility index (Phi) is 4.74. The topological polar surface area (TPSA) is 45.1 Å². The summed E-state index contributed by atoms with van der Waals surface area (Å²) in [5, 5.41) is 16.2. The van der Waals surface area contributed by atoms with Gasteiger partial charge in [0, 0.05) is 29.4 Å². The van der Waals surface area contributed by atoms with Crippen LogP contribution >= 0.6 is 22.9 Å². The smallest absolute Gasteiger partial charge is 0.0928 e. The van der Waals surface area contributed by atoms with Crippen molar-refractivity contribution in [2.24, 2.45) is 0 Å². The summed E-state index contributed by atoms with van der Waals surface area (Å²) in [7, 11) is 0. The molecule has 0 aliphatic heterocycles. The maximum absolute atomic E-state index is 10.3. The van der Waals surface area contributed by atoms with E-state index in [1.165, 1.54) is 4.70 Å². The third kappa shape index (κ3) is 3.31. The molecule has 0 saturated heterocycles. The molecule has 0 amide bonds. The van der Waals surface area contributed by atoms with Crippen molar-refractivity contribution in [1.29, 1.82) is 0 Å². The van der Waals surface area contributed by atoms with E-state index in [2.05, 4.69) is 23.3 Å². The Labute approximate surface area is 138 Å². The van der Waals surface area contributed by atoms with E-state index in [9.17, 15) is 5.11 Å².